The maximum Gasteiger partial charge on any atom is 0.206 e. The molecule has 0 fully saturated rings. The summed E-state index contributed by atoms with van der Waals surface area (Å²) < 4.78 is 0. The van der Waals surface area contributed by atoms with Crippen LogP contribution < -0.4 is 0 Å². The van der Waals surface area contributed by atoms with Crippen LogP contribution in [0.15, 0.2) is 0 Å². The van der Waals surface area contributed by atoms with E-state index >= 15 is 0 Å². The molecular weight excluding hydrogens is 150 g/mol. The molecule has 0 saturated carbocycles. The molecule has 0 aromatic heterocycles. The van der Waals surface area contributed by atoms with E-state index in [2.05, 4.69) is 0 Å². The first-order valence-electron chi connectivity index (χ1n) is 3.43. The van der Waals surface area contributed by atoms with Gasteiger partial charge in [-0.1, -0.05) is 0 Å². The Labute approximate surface area is 64.8 Å². The number of nitro groups is 1. The molecule has 66 valence electrons. The quantitative estimate of drug-likeness (QED) is 0.433. The summed E-state index contributed by atoms with van der Waals surface area (Å²) in [6.45, 7) is 1.07. The lowest BCUT2D eigenvalue weighted by Gasteiger charge is -2.19. The Bertz CT molecular complexity index is 135. The maximum absolute atomic E-state index is 9.88. The van der Waals surface area contributed by atoms with Crippen LogP contribution in [0, 0.1) is 10.1 Å². The van der Waals surface area contributed by atoms with Crippen molar-refractivity contribution in [1.29, 1.82) is 0 Å². The van der Waals surface area contributed by atoms with Crippen molar-refractivity contribution in [3.63, 3.8) is 0 Å². The van der Waals surface area contributed by atoms with Gasteiger partial charge in [-0.3, -0.25) is 10.1 Å². The Morgan fingerprint density at radius 3 is 2.45 bits per heavy atom. The molecule has 0 aromatic rings. The third-order valence-electron chi connectivity index (χ3n) is 1.48. The van der Waals surface area contributed by atoms with Crippen molar-refractivity contribution in [3.05, 3.63) is 10.1 Å². The number of nitrogens with zero attached hydrogens (tertiary/aromatic N) is 1. The molecule has 5 heteroatoms. The van der Waals surface area contributed by atoms with Crippen LogP contribution in [0.1, 0.15) is 19.8 Å². The smallest absolute Gasteiger partial charge is 0.206 e. The zero-order valence-electron chi connectivity index (χ0n) is 6.49. The van der Waals surface area contributed by atoms with Crippen molar-refractivity contribution in [2.75, 3.05) is 13.2 Å². The van der Waals surface area contributed by atoms with Crippen molar-refractivity contribution >= 4 is 0 Å². The zero-order chi connectivity index (χ0) is 8.91. The second kappa shape index (κ2) is 4.25. The molecular formula is C6H13NO4. The van der Waals surface area contributed by atoms with E-state index in [1.54, 1.807) is 0 Å². The normalized spacial score (nSPS) is 15.9. The molecule has 11 heavy (non-hydrogen) atoms. The number of hydrogen-bond acceptors (Lipinski definition) is 4. The van der Waals surface area contributed by atoms with Crippen molar-refractivity contribution in [3.8, 4) is 0 Å². The van der Waals surface area contributed by atoms with Crippen LogP contribution in [0.3, 0.4) is 0 Å². The van der Waals surface area contributed by atoms with Crippen LogP contribution in [0.4, 0.5) is 0 Å². The van der Waals surface area contributed by atoms with Crippen molar-refractivity contribution in [1.82, 2.24) is 0 Å². The minimum atomic E-state index is -1.11. The van der Waals surface area contributed by atoms with Gasteiger partial charge in [-0.2, -0.15) is 0 Å². The summed E-state index contributed by atoms with van der Waals surface area (Å²) in [5.41, 5.74) is -1.11. The van der Waals surface area contributed by atoms with Gasteiger partial charge in [0.2, 0.25) is 6.54 Å². The highest BCUT2D eigenvalue weighted by atomic mass is 16.6. The van der Waals surface area contributed by atoms with Crippen LogP contribution >= 0.6 is 0 Å². The predicted octanol–water partition coefficient (Wildman–Crippen LogP) is -0.213. The van der Waals surface area contributed by atoms with Crippen molar-refractivity contribution in [2.24, 2.45) is 0 Å². The summed E-state index contributed by atoms with van der Waals surface area (Å²) >= 11 is 0. The first kappa shape index (κ1) is 10.3. The molecule has 1 atom stereocenters. The fourth-order valence-corrected chi connectivity index (χ4v) is 0.698. The Morgan fingerprint density at radius 2 is 2.09 bits per heavy atom. The second-order valence-electron chi connectivity index (χ2n) is 2.78. The van der Waals surface area contributed by atoms with E-state index in [1.807, 2.05) is 0 Å². The highest BCUT2D eigenvalue weighted by Crippen LogP contribution is 2.12. The Kier molecular flexibility index (Phi) is 3.99. The summed E-state index contributed by atoms with van der Waals surface area (Å²) in [5.74, 6) is 0. The standard InChI is InChI=1S/C6H13NO4/c1-6(9,3-5-8)2-4-7(10)11/h8-9H,2-5H2,1H3. The van der Waals surface area contributed by atoms with Gasteiger partial charge in [0.15, 0.2) is 0 Å². The Hall–Kier alpha value is -0.680. The zero-order valence-corrected chi connectivity index (χ0v) is 6.49. The minimum Gasteiger partial charge on any atom is -0.396 e. The van der Waals surface area contributed by atoms with Gasteiger partial charge in [-0.05, 0) is 13.3 Å². The molecule has 2 N–H and O–H groups in total. The lowest BCUT2D eigenvalue weighted by atomic mass is 9.99. The fourth-order valence-electron chi connectivity index (χ4n) is 0.698. The molecule has 0 aliphatic carbocycles. The molecule has 0 saturated heterocycles. The van der Waals surface area contributed by atoms with Gasteiger partial charge in [0, 0.05) is 18.0 Å². The SMILES string of the molecule is CC(O)(CCO)CC[N+](=O)[O-]. The summed E-state index contributed by atoms with van der Waals surface area (Å²) in [5, 5.41) is 27.6. The lowest BCUT2D eigenvalue weighted by Crippen LogP contribution is -2.28. The van der Waals surface area contributed by atoms with Crippen LogP contribution in [0.25, 0.3) is 0 Å². The second-order valence-corrected chi connectivity index (χ2v) is 2.78. The van der Waals surface area contributed by atoms with E-state index in [1.165, 1.54) is 6.92 Å². The largest absolute Gasteiger partial charge is 0.396 e. The van der Waals surface area contributed by atoms with E-state index < -0.39 is 10.5 Å². The summed E-state index contributed by atoms with van der Waals surface area (Å²) in [4.78, 5) is 9.40. The van der Waals surface area contributed by atoms with Gasteiger partial charge in [-0.15, -0.1) is 0 Å². The average Bonchev–Trinajstić information content (AvgIpc) is 1.84. The Morgan fingerprint density at radius 1 is 1.55 bits per heavy atom. The van der Waals surface area contributed by atoms with E-state index in [4.69, 9.17) is 5.11 Å². The molecule has 0 heterocycles. The van der Waals surface area contributed by atoms with Crippen LogP contribution in [0.5, 0.6) is 0 Å². The van der Waals surface area contributed by atoms with E-state index in [-0.39, 0.29) is 26.0 Å². The van der Waals surface area contributed by atoms with Crippen molar-refractivity contribution < 1.29 is 15.1 Å². The first-order valence-corrected chi connectivity index (χ1v) is 3.43. The molecule has 0 spiro atoms. The molecule has 0 rings (SSSR count). The van der Waals surface area contributed by atoms with Gasteiger partial charge < -0.3 is 10.2 Å². The predicted molar refractivity (Wildman–Crippen MR) is 38.8 cm³/mol. The molecule has 1 unspecified atom stereocenters. The van der Waals surface area contributed by atoms with Gasteiger partial charge in [0.05, 0.1) is 5.60 Å². The van der Waals surface area contributed by atoms with Gasteiger partial charge in [0.25, 0.3) is 0 Å². The highest BCUT2D eigenvalue weighted by Gasteiger charge is 2.21. The van der Waals surface area contributed by atoms with Gasteiger partial charge >= 0.3 is 0 Å². The van der Waals surface area contributed by atoms with Gasteiger partial charge in [-0.25, -0.2) is 0 Å². The van der Waals surface area contributed by atoms with E-state index in [0.717, 1.165) is 0 Å². The summed E-state index contributed by atoms with van der Waals surface area (Å²) in [6.07, 6.45) is 0.265. The van der Waals surface area contributed by atoms with Crippen molar-refractivity contribution in [2.45, 2.75) is 25.4 Å². The monoisotopic (exact) mass is 163 g/mol. The number of aliphatic hydroxyl groups is 2. The number of aliphatic hydroxyl groups excluding tert-OH is 1. The summed E-state index contributed by atoms with van der Waals surface area (Å²) in [6, 6.07) is 0. The molecule has 0 amide bonds. The fraction of sp³-hybridized carbons (Fsp3) is 1.00. The highest BCUT2D eigenvalue weighted by molar-refractivity contribution is 4.70. The molecule has 0 radical (unpaired) electrons. The maximum atomic E-state index is 9.88. The van der Waals surface area contributed by atoms with E-state index in [9.17, 15) is 15.2 Å². The number of hydrogen-bond donors (Lipinski definition) is 2. The molecule has 0 bridgehead atoms. The molecule has 0 aliphatic rings. The van der Waals surface area contributed by atoms with Crippen LogP contribution in [0.2, 0.25) is 0 Å². The minimum absolute atomic E-state index is 0.0839. The van der Waals surface area contributed by atoms with Crippen LogP contribution in [-0.2, 0) is 0 Å². The third-order valence-corrected chi connectivity index (χ3v) is 1.48. The molecule has 5 nitrogen and oxygen atoms in total. The topological polar surface area (TPSA) is 83.6 Å². The average molecular weight is 163 g/mol. The number of rotatable bonds is 5. The first-order chi connectivity index (χ1) is 4.98. The van der Waals surface area contributed by atoms with Crippen LogP contribution in [-0.4, -0.2) is 33.9 Å². The van der Waals surface area contributed by atoms with Gasteiger partial charge in [0.1, 0.15) is 0 Å². The lowest BCUT2D eigenvalue weighted by molar-refractivity contribution is -0.483. The summed E-state index contributed by atoms with van der Waals surface area (Å²) in [7, 11) is 0. The molecule has 0 aliphatic heterocycles. The third kappa shape index (κ3) is 5.75. The molecule has 0 aromatic carbocycles. The Balaban J connectivity index is 3.63. The van der Waals surface area contributed by atoms with E-state index in [0.29, 0.717) is 0 Å².